The Hall–Kier alpha value is -1.50. The summed E-state index contributed by atoms with van der Waals surface area (Å²) >= 11 is 1.52. The lowest BCUT2D eigenvalue weighted by molar-refractivity contribution is 0.0597. The van der Waals surface area contributed by atoms with Gasteiger partial charge in [0.1, 0.15) is 5.82 Å². The summed E-state index contributed by atoms with van der Waals surface area (Å²) in [6.07, 6.45) is -0.490. The summed E-state index contributed by atoms with van der Waals surface area (Å²) in [5.41, 5.74) is 1.71. The topological polar surface area (TPSA) is 45.6 Å². The molecule has 2 heterocycles. The van der Waals surface area contributed by atoms with Gasteiger partial charge < -0.3 is 14.7 Å². The van der Waals surface area contributed by atoms with E-state index in [4.69, 9.17) is 4.74 Å². The second-order valence-corrected chi connectivity index (χ2v) is 5.53. The Balaban J connectivity index is 1.80. The normalized spacial score (nSPS) is 19.9. The summed E-state index contributed by atoms with van der Waals surface area (Å²) in [5, 5.41) is 12.5. The second kappa shape index (κ2) is 5.87. The summed E-state index contributed by atoms with van der Waals surface area (Å²) in [6, 6.07) is 6.29. The predicted molar refractivity (Wildman–Crippen MR) is 76.5 cm³/mol. The van der Waals surface area contributed by atoms with E-state index in [1.54, 1.807) is 12.1 Å². The number of anilines is 1. The average Bonchev–Trinajstić information content (AvgIpc) is 2.83. The number of nitrogens with zero attached hydrogens (tertiary/aromatic N) is 2. The van der Waals surface area contributed by atoms with Crippen molar-refractivity contribution in [3.63, 3.8) is 0 Å². The number of β-amino-alcohol motifs (C(OH)–C–C–N with tert-alkyl or cyclic N) is 1. The van der Waals surface area contributed by atoms with Crippen LogP contribution in [0.1, 0.15) is 0 Å². The van der Waals surface area contributed by atoms with Gasteiger partial charge in [0.25, 0.3) is 0 Å². The first-order valence-corrected chi connectivity index (χ1v) is 7.32. The first-order chi connectivity index (χ1) is 9.72. The summed E-state index contributed by atoms with van der Waals surface area (Å²) < 4.78 is 18.2. The maximum atomic E-state index is 12.9. The Labute approximate surface area is 120 Å². The lowest BCUT2D eigenvalue weighted by Gasteiger charge is -2.19. The van der Waals surface area contributed by atoms with Gasteiger partial charge in [0, 0.05) is 24.0 Å². The fourth-order valence-corrected chi connectivity index (χ4v) is 3.00. The molecule has 6 heteroatoms. The smallest absolute Gasteiger partial charge is 0.186 e. The molecule has 0 radical (unpaired) electrons. The van der Waals surface area contributed by atoms with E-state index < -0.39 is 6.10 Å². The highest BCUT2D eigenvalue weighted by molar-refractivity contribution is 7.14. The minimum Gasteiger partial charge on any atom is -0.389 e. The van der Waals surface area contributed by atoms with E-state index in [-0.39, 0.29) is 5.82 Å². The number of halogens is 1. The average molecular weight is 294 g/mol. The van der Waals surface area contributed by atoms with Crippen molar-refractivity contribution in [2.75, 3.05) is 31.2 Å². The predicted octanol–water partition coefficient (Wildman–Crippen LogP) is 2.15. The highest BCUT2D eigenvalue weighted by Crippen LogP contribution is 2.28. The molecule has 0 spiro atoms. The lowest BCUT2D eigenvalue weighted by Crippen LogP contribution is -2.32. The molecule has 1 aliphatic heterocycles. The van der Waals surface area contributed by atoms with Gasteiger partial charge in [-0.1, -0.05) is 0 Å². The standard InChI is InChI=1S/C14H15FN2O2S/c15-11-3-1-10(2-4-11)13-9-20-14(16-13)17-5-6-19-8-12(18)7-17/h1-4,9,12,18H,5-8H2. The van der Waals surface area contributed by atoms with Crippen molar-refractivity contribution in [1.29, 1.82) is 0 Å². The monoisotopic (exact) mass is 294 g/mol. The highest BCUT2D eigenvalue weighted by Gasteiger charge is 2.19. The van der Waals surface area contributed by atoms with Crippen molar-refractivity contribution in [2.45, 2.75) is 6.10 Å². The van der Waals surface area contributed by atoms with Crippen LogP contribution < -0.4 is 4.90 Å². The number of hydrogen-bond donors (Lipinski definition) is 1. The molecule has 1 N–H and O–H groups in total. The van der Waals surface area contributed by atoms with Gasteiger partial charge in [-0.2, -0.15) is 0 Å². The second-order valence-electron chi connectivity index (χ2n) is 4.70. The molecular formula is C14H15FN2O2S. The number of rotatable bonds is 2. The Bertz CT molecular complexity index is 573. The van der Waals surface area contributed by atoms with Crippen LogP contribution in [0.5, 0.6) is 0 Å². The third-order valence-corrected chi connectivity index (χ3v) is 4.05. The first kappa shape index (κ1) is 13.5. The van der Waals surface area contributed by atoms with Gasteiger partial charge in [0.05, 0.1) is 25.0 Å². The third kappa shape index (κ3) is 2.98. The number of hydrogen-bond acceptors (Lipinski definition) is 5. The van der Waals surface area contributed by atoms with Crippen LogP contribution in [0.4, 0.5) is 9.52 Å². The molecule has 1 unspecified atom stereocenters. The minimum absolute atomic E-state index is 0.253. The molecule has 0 bridgehead atoms. The van der Waals surface area contributed by atoms with E-state index >= 15 is 0 Å². The first-order valence-electron chi connectivity index (χ1n) is 6.44. The van der Waals surface area contributed by atoms with Gasteiger partial charge in [-0.05, 0) is 24.3 Å². The van der Waals surface area contributed by atoms with Crippen molar-refractivity contribution < 1.29 is 14.2 Å². The fourth-order valence-electron chi connectivity index (χ4n) is 2.13. The zero-order chi connectivity index (χ0) is 13.9. The van der Waals surface area contributed by atoms with Crippen molar-refractivity contribution in [3.8, 4) is 11.3 Å². The molecule has 0 aliphatic carbocycles. The van der Waals surface area contributed by atoms with Gasteiger partial charge in [-0.25, -0.2) is 9.37 Å². The summed E-state index contributed by atoms with van der Waals surface area (Å²) in [7, 11) is 0. The number of aliphatic hydroxyl groups excluding tert-OH is 1. The Morgan fingerprint density at radius 1 is 1.35 bits per heavy atom. The number of aliphatic hydroxyl groups is 1. The Morgan fingerprint density at radius 3 is 2.95 bits per heavy atom. The van der Waals surface area contributed by atoms with E-state index in [0.29, 0.717) is 26.3 Å². The zero-order valence-electron chi connectivity index (χ0n) is 10.8. The van der Waals surface area contributed by atoms with E-state index in [0.717, 1.165) is 16.4 Å². The minimum atomic E-state index is -0.490. The SMILES string of the molecule is OC1COCCN(c2nc(-c3ccc(F)cc3)cs2)C1. The molecule has 4 nitrogen and oxygen atoms in total. The van der Waals surface area contributed by atoms with Crippen molar-refractivity contribution in [3.05, 3.63) is 35.5 Å². The van der Waals surface area contributed by atoms with Crippen LogP contribution in [0, 0.1) is 5.82 Å². The molecule has 3 rings (SSSR count). The van der Waals surface area contributed by atoms with Crippen LogP contribution in [0.2, 0.25) is 0 Å². The largest absolute Gasteiger partial charge is 0.389 e. The van der Waals surface area contributed by atoms with E-state index in [1.807, 2.05) is 10.3 Å². The highest BCUT2D eigenvalue weighted by atomic mass is 32.1. The molecule has 20 heavy (non-hydrogen) atoms. The van der Waals surface area contributed by atoms with Crippen molar-refractivity contribution in [1.82, 2.24) is 4.98 Å². The van der Waals surface area contributed by atoms with E-state index in [1.165, 1.54) is 23.5 Å². The van der Waals surface area contributed by atoms with Crippen molar-refractivity contribution >= 4 is 16.5 Å². The summed E-state index contributed by atoms with van der Waals surface area (Å²) in [6.45, 7) is 2.19. The van der Waals surface area contributed by atoms with Crippen LogP contribution in [0.3, 0.4) is 0 Å². The Morgan fingerprint density at radius 2 is 2.15 bits per heavy atom. The van der Waals surface area contributed by atoms with Gasteiger partial charge in [0.2, 0.25) is 0 Å². The zero-order valence-corrected chi connectivity index (χ0v) is 11.6. The maximum Gasteiger partial charge on any atom is 0.186 e. The van der Waals surface area contributed by atoms with Crippen molar-refractivity contribution in [2.24, 2.45) is 0 Å². The molecule has 106 valence electrons. The number of benzene rings is 1. The molecule has 1 saturated heterocycles. The number of aromatic nitrogens is 1. The summed E-state index contributed by atoms with van der Waals surface area (Å²) in [5.74, 6) is -0.253. The van der Waals surface area contributed by atoms with Crippen LogP contribution in [0.25, 0.3) is 11.3 Å². The van der Waals surface area contributed by atoms with Crippen LogP contribution >= 0.6 is 11.3 Å². The van der Waals surface area contributed by atoms with Gasteiger partial charge in [0.15, 0.2) is 5.13 Å². The molecule has 1 aliphatic rings. The van der Waals surface area contributed by atoms with Gasteiger partial charge >= 0.3 is 0 Å². The molecule has 2 aromatic rings. The Kier molecular flexibility index (Phi) is 3.95. The van der Waals surface area contributed by atoms with Gasteiger partial charge in [-0.3, -0.25) is 0 Å². The molecule has 1 atom stereocenters. The van der Waals surface area contributed by atoms with Crippen LogP contribution in [-0.2, 0) is 4.74 Å². The lowest BCUT2D eigenvalue weighted by atomic mass is 10.2. The number of ether oxygens (including phenoxy) is 1. The molecule has 1 aromatic carbocycles. The molecule has 1 fully saturated rings. The quantitative estimate of drug-likeness (QED) is 0.922. The van der Waals surface area contributed by atoms with E-state index in [9.17, 15) is 9.50 Å². The number of thiazole rings is 1. The van der Waals surface area contributed by atoms with Gasteiger partial charge in [-0.15, -0.1) is 11.3 Å². The molecule has 0 amide bonds. The fraction of sp³-hybridized carbons (Fsp3) is 0.357. The summed E-state index contributed by atoms with van der Waals surface area (Å²) in [4.78, 5) is 6.59. The third-order valence-electron chi connectivity index (χ3n) is 3.15. The molecule has 0 saturated carbocycles. The molecule has 1 aromatic heterocycles. The van der Waals surface area contributed by atoms with Crippen LogP contribution in [-0.4, -0.2) is 42.5 Å². The maximum absolute atomic E-state index is 12.9. The van der Waals surface area contributed by atoms with E-state index in [2.05, 4.69) is 4.98 Å². The molecular weight excluding hydrogens is 279 g/mol. The van der Waals surface area contributed by atoms with Crippen LogP contribution in [0.15, 0.2) is 29.6 Å².